The Balaban J connectivity index is 1.93. The molecule has 0 aliphatic carbocycles. The van der Waals surface area contributed by atoms with E-state index in [1.807, 2.05) is 31.2 Å². The smallest absolute Gasteiger partial charge is 0.123 e. The lowest BCUT2D eigenvalue weighted by atomic mass is 10.1. The van der Waals surface area contributed by atoms with Crippen LogP contribution in [0.15, 0.2) is 48.5 Å². The van der Waals surface area contributed by atoms with E-state index < -0.39 is 6.10 Å². The zero-order valence-corrected chi connectivity index (χ0v) is 12.2. The molecule has 2 N–H and O–H groups in total. The van der Waals surface area contributed by atoms with E-state index in [2.05, 4.69) is 5.32 Å². The second-order valence-corrected chi connectivity index (χ2v) is 4.97. The minimum atomic E-state index is -0.622. The van der Waals surface area contributed by atoms with Crippen molar-refractivity contribution >= 4 is 0 Å². The van der Waals surface area contributed by atoms with Crippen LogP contribution in [-0.4, -0.2) is 18.8 Å². The topological polar surface area (TPSA) is 41.5 Å². The molecule has 112 valence electrons. The number of rotatable bonds is 6. The van der Waals surface area contributed by atoms with Crippen LogP contribution in [0.25, 0.3) is 0 Å². The highest BCUT2D eigenvalue weighted by Crippen LogP contribution is 2.20. The fraction of sp³-hybridized carbons (Fsp3) is 0.294. The maximum atomic E-state index is 12.9. The number of hydrogen-bond donors (Lipinski definition) is 2. The SMILES string of the molecule is COc1cccc(C(O)CNC(C)c2ccc(F)cc2)c1. The van der Waals surface area contributed by atoms with Gasteiger partial charge < -0.3 is 15.2 Å². The minimum absolute atomic E-state index is 0.0332. The Morgan fingerprint density at radius 1 is 1.14 bits per heavy atom. The molecular weight excluding hydrogens is 269 g/mol. The van der Waals surface area contributed by atoms with Gasteiger partial charge in [0.05, 0.1) is 13.2 Å². The van der Waals surface area contributed by atoms with Gasteiger partial charge in [-0.25, -0.2) is 4.39 Å². The monoisotopic (exact) mass is 289 g/mol. The summed E-state index contributed by atoms with van der Waals surface area (Å²) >= 11 is 0. The van der Waals surface area contributed by atoms with Crippen molar-refractivity contribution in [1.29, 1.82) is 0 Å². The van der Waals surface area contributed by atoms with Gasteiger partial charge in [-0.2, -0.15) is 0 Å². The summed E-state index contributed by atoms with van der Waals surface area (Å²) in [6, 6.07) is 13.7. The highest BCUT2D eigenvalue weighted by molar-refractivity contribution is 5.30. The molecule has 4 heteroatoms. The molecule has 2 aromatic rings. The van der Waals surface area contributed by atoms with Crippen LogP contribution in [0.2, 0.25) is 0 Å². The number of benzene rings is 2. The van der Waals surface area contributed by atoms with Crippen LogP contribution in [0, 0.1) is 5.82 Å². The number of aliphatic hydroxyl groups excluding tert-OH is 1. The first kappa shape index (κ1) is 15.5. The summed E-state index contributed by atoms with van der Waals surface area (Å²) in [7, 11) is 1.60. The molecule has 2 rings (SSSR count). The van der Waals surface area contributed by atoms with Gasteiger partial charge in [-0.1, -0.05) is 24.3 Å². The average Bonchev–Trinajstić information content (AvgIpc) is 2.53. The second kappa shape index (κ2) is 7.20. The Morgan fingerprint density at radius 2 is 1.86 bits per heavy atom. The van der Waals surface area contributed by atoms with Crippen LogP contribution >= 0.6 is 0 Å². The number of methoxy groups -OCH3 is 1. The molecule has 0 heterocycles. The van der Waals surface area contributed by atoms with Gasteiger partial charge in [0, 0.05) is 12.6 Å². The quantitative estimate of drug-likeness (QED) is 0.858. The largest absolute Gasteiger partial charge is 0.497 e. The molecule has 0 radical (unpaired) electrons. The minimum Gasteiger partial charge on any atom is -0.497 e. The lowest BCUT2D eigenvalue weighted by Gasteiger charge is -2.18. The van der Waals surface area contributed by atoms with Gasteiger partial charge in [0.15, 0.2) is 0 Å². The van der Waals surface area contributed by atoms with E-state index in [4.69, 9.17) is 4.74 Å². The summed E-state index contributed by atoms with van der Waals surface area (Å²) < 4.78 is 18.0. The van der Waals surface area contributed by atoms with E-state index in [9.17, 15) is 9.50 Å². The summed E-state index contributed by atoms with van der Waals surface area (Å²) in [5.74, 6) is 0.473. The second-order valence-electron chi connectivity index (χ2n) is 4.97. The van der Waals surface area contributed by atoms with Crippen LogP contribution in [0.1, 0.15) is 30.2 Å². The van der Waals surface area contributed by atoms with Crippen molar-refractivity contribution in [3.05, 3.63) is 65.5 Å². The Hall–Kier alpha value is -1.91. The van der Waals surface area contributed by atoms with Crippen LogP contribution in [0.5, 0.6) is 5.75 Å². The van der Waals surface area contributed by atoms with Crippen LogP contribution in [0.3, 0.4) is 0 Å². The van der Waals surface area contributed by atoms with Crippen LogP contribution in [0.4, 0.5) is 4.39 Å². The Morgan fingerprint density at radius 3 is 2.52 bits per heavy atom. The van der Waals surface area contributed by atoms with Crippen molar-refractivity contribution < 1.29 is 14.2 Å². The van der Waals surface area contributed by atoms with Gasteiger partial charge in [0.25, 0.3) is 0 Å². The van der Waals surface area contributed by atoms with Crippen LogP contribution < -0.4 is 10.1 Å². The fourth-order valence-electron chi connectivity index (χ4n) is 2.12. The van der Waals surface area contributed by atoms with Crippen LogP contribution in [-0.2, 0) is 0 Å². The van der Waals surface area contributed by atoms with Gasteiger partial charge in [0.1, 0.15) is 11.6 Å². The van der Waals surface area contributed by atoms with Gasteiger partial charge >= 0.3 is 0 Å². The molecule has 0 saturated carbocycles. The lowest BCUT2D eigenvalue weighted by Crippen LogP contribution is -2.24. The average molecular weight is 289 g/mol. The van der Waals surface area contributed by atoms with Crippen molar-refractivity contribution in [2.45, 2.75) is 19.1 Å². The van der Waals surface area contributed by atoms with Crippen molar-refractivity contribution in [2.75, 3.05) is 13.7 Å². The van der Waals surface area contributed by atoms with E-state index in [0.29, 0.717) is 6.54 Å². The van der Waals surface area contributed by atoms with Crippen molar-refractivity contribution in [3.63, 3.8) is 0 Å². The van der Waals surface area contributed by atoms with Crippen molar-refractivity contribution in [3.8, 4) is 5.75 Å². The zero-order chi connectivity index (χ0) is 15.2. The molecule has 2 aromatic carbocycles. The standard InChI is InChI=1S/C17H20FNO2/c1-12(13-6-8-15(18)9-7-13)19-11-17(20)14-4-3-5-16(10-14)21-2/h3-10,12,17,19-20H,11H2,1-2H3. The molecule has 0 aliphatic heterocycles. The predicted octanol–water partition coefficient (Wildman–Crippen LogP) is 3.22. The summed E-state index contributed by atoms with van der Waals surface area (Å²) in [5, 5.41) is 13.4. The molecule has 0 spiro atoms. The molecule has 0 aromatic heterocycles. The molecule has 0 fully saturated rings. The molecule has 2 atom stereocenters. The molecule has 0 aliphatic rings. The number of nitrogens with one attached hydrogen (secondary N) is 1. The normalized spacial score (nSPS) is 13.7. The molecular formula is C17H20FNO2. The van der Waals surface area contributed by atoms with Gasteiger partial charge in [-0.15, -0.1) is 0 Å². The van der Waals surface area contributed by atoms with E-state index in [1.165, 1.54) is 12.1 Å². The summed E-state index contributed by atoms with van der Waals surface area (Å²) in [5.41, 5.74) is 1.78. The molecule has 21 heavy (non-hydrogen) atoms. The zero-order valence-electron chi connectivity index (χ0n) is 12.2. The Bertz CT molecular complexity index is 571. The molecule has 0 bridgehead atoms. The third kappa shape index (κ3) is 4.28. The summed E-state index contributed by atoms with van der Waals surface area (Å²) in [4.78, 5) is 0. The van der Waals surface area contributed by atoms with E-state index in [1.54, 1.807) is 19.2 Å². The maximum absolute atomic E-state index is 12.9. The molecule has 2 unspecified atom stereocenters. The number of hydrogen-bond acceptors (Lipinski definition) is 3. The number of aliphatic hydroxyl groups is 1. The number of halogens is 1. The predicted molar refractivity (Wildman–Crippen MR) is 80.8 cm³/mol. The molecule has 3 nitrogen and oxygen atoms in total. The Kier molecular flexibility index (Phi) is 5.31. The highest BCUT2D eigenvalue weighted by Gasteiger charge is 2.11. The lowest BCUT2D eigenvalue weighted by molar-refractivity contribution is 0.170. The van der Waals surface area contributed by atoms with Crippen molar-refractivity contribution in [1.82, 2.24) is 5.32 Å². The van der Waals surface area contributed by atoms with E-state index in [-0.39, 0.29) is 11.9 Å². The van der Waals surface area contributed by atoms with E-state index in [0.717, 1.165) is 16.9 Å². The van der Waals surface area contributed by atoms with E-state index >= 15 is 0 Å². The fourth-order valence-corrected chi connectivity index (χ4v) is 2.12. The summed E-state index contributed by atoms with van der Waals surface area (Å²) in [6.07, 6.45) is -0.622. The first-order valence-electron chi connectivity index (χ1n) is 6.91. The third-order valence-corrected chi connectivity index (χ3v) is 3.47. The Labute approximate surface area is 124 Å². The van der Waals surface area contributed by atoms with Gasteiger partial charge in [-0.05, 0) is 42.3 Å². The summed E-state index contributed by atoms with van der Waals surface area (Å²) in [6.45, 7) is 2.39. The first-order valence-corrected chi connectivity index (χ1v) is 6.91. The third-order valence-electron chi connectivity index (χ3n) is 3.47. The maximum Gasteiger partial charge on any atom is 0.123 e. The van der Waals surface area contributed by atoms with Gasteiger partial charge in [0.2, 0.25) is 0 Å². The first-order chi connectivity index (χ1) is 10.1. The van der Waals surface area contributed by atoms with Crippen molar-refractivity contribution in [2.24, 2.45) is 0 Å². The number of ether oxygens (including phenoxy) is 1. The van der Waals surface area contributed by atoms with Gasteiger partial charge in [-0.3, -0.25) is 0 Å². The molecule has 0 saturated heterocycles. The highest BCUT2D eigenvalue weighted by atomic mass is 19.1. The molecule has 0 amide bonds.